The fourth-order valence-corrected chi connectivity index (χ4v) is 3.20. The van der Waals surface area contributed by atoms with Crippen molar-refractivity contribution in [2.45, 2.75) is 38.9 Å². The third-order valence-electron chi connectivity index (χ3n) is 4.61. The van der Waals surface area contributed by atoms with Gasteiger partial charge in [-0.05, 0) is 37.6 Å². The van der Waals surface area contributed by atoms with Gasteiger partial charge in [-0.15, -0.1) is 0 Å². The SMILES string of the molecule is CC(C)N1CCNC(=O)C1CC(=O)NCc1ccc(-n2cccn2)cc1. The average molecular weight is 355 g/mol. The number of rotatable bonds is 6. The molecule has 3 rings (SSSR count). The Morgan fingerprint density at radius 3 is 2.77 bits per heavy atom. The summed E-state index contributed by atoms with van der Waals surface area (Å²) in [5.74, 6) is -0.183. The molecule has 1 unspecified atom stereocenters. The minimum Gasteiger partial charge on any atom is -0.353 e. The summed E-state index contributed by atoms with van der Waals surface area (Å²) in [5.41, 5.74) is 1.97. The molecule has 7 nitrogen and oxygen atoms in total. The van der Waals surface area contributed by atoms with Crippen LogP contribution in [0.15, 0.2) is 42.7 Å². The molecule has 7 heteroatoms. The molecular weight excluding hydrogens is 330 g/mol. The molecule has 138 valence electrons. The van der Waals surface area contributed by atoms with Crippen molar-refractivity contribution < 1.29 is 9.59 Å². The molecule has 0 bridgehead atoms. The number of hydrogen-bond acceptors (Lipinski definition) is 4. The summed E-state index contributed by atoms with van der Waals surface area (Å²) in [4.78, 5) is 26.5. The van der Waals surface area contributed by atoms with Crippen LogP contribution in [0, 0.1) is 0 Å². The van der Waals surface area contributed by atoms with Crippen LogP contribution in [0.3, 0.4) is 0 Å². The van der Waals surface area contributed by atoms with Crippen molar-refractivity contribution >= 4 is 11.8 Å². The van der Waals surface area contributed by atoms with Crippen LogP contribution in [0.4, 0.5) is 0 Å². The third kappa shape index (κ3) is 4.29. The Balaban J connectivity index is 1.54. The molecule has 2 aromatic rings. The highest BCUT2D eigenvalue weighted by Crippen LogP contribution is 2.13. The lowest BCUT2D eigenvalue weighted by molar-refractivity contribution is -0.134. The van der Waals surface area contributed by atoms with Gasteiger partial charge in [0.05, 0.1) is 18.2 Å². The maximum Gasteiger partial charge on any atom is 0.237 e. The van der Waals surface area contributed by atoms with Gasteiger partial charge in [0.2, 0.25) is 11.8 Å². The maximum absolute atomic E-state index is 12.3. The number of hydrogen-bond donors (Lipinski definition) is 2. The van der Waals surface area contributed by atoms with Crippen molar-refractivity contribution in [3.05, 3.63) is 48.3 Å². The van der Waals surface area contributed by atoms with E-state index in [9.17, 15) is 9.59 Å². The molecule has 1 atom stereocenters. The fraction of sp³-hybridized carbons (Fsp3) is 0.421. The zero-order chi connectivity index (χ0) is 18.5. The average Bonchev–Trinajstić information content (AvgIpc) is 3.16. The van der Waals surface area contributed by atoms with Crippen LogP contribution in [0.2, 0.25) is 0 Å². The van der Waals surface area contributed by atoms with Gasteiger partial charge in [-0.3, -0.25) is 14.5 Å². The minimum atomic E-state index is -0.397. The van der Waals surface area contributed by atoms with Crippen molar-refractivity contribution in [2.75, 3.05) is 13.1 Å². The number of nitrogens with zero attached hydrogens (tertiary/aromatic N) is 3. The first-order valence-corrected chi connectivity index (χ1v) is 8.93. The van der Waals surface area contributed by atoms with Crippen molar-refractivity contribution in [3.8, 4) is 5.69 Å². The summed E-state index contributed by atoms with van der Waals surface area (Å²) in [6, 6.07) is 9.55. The molecular formula is C19H25N5O2. The van der Waals surface area contributed by atoms with E-state index in [4.69, 9.17) is 0 Å². The summed E-state index contributed by atoms with van der Waals surface area (Å²) in [5, 5.41) is 9.95. The molecule has 1 aliphatic rings. The number of nitrogens with one attached hydrogen (secondary N) is 2. The van der Waals surface area contributed by atoms with E-state index in [2.05, 4.69) is 20.6 Å². The lowest BCUT2D eigenvalue weighted by Gasteiger charge is -2.37. The van der Waals surface area contributed by atoms with Gasteiger partial charge in [0.15, 0.2) is 0 Å². The molecule has 2 N–H and O–H groups in total. The first kappa shape index (κ1) is 18.1. The predicted molar refractivity (Wildman–Crippen MR) is 98.7 cm³/mol. The number of amides is 2. The van der Waals surface area contributed by atoms with Crippen LogP contribution < -0.4 is 10.6 Å². The Labute approximate surface area is 153 Å². The zero-order valence-corrected chi connectivity index (χ0v) is 15.2. The first-order chi connectivity index (χ1) is 12.5. The quantitative estimate of drug-likeness (QED) is 0.813. The molecule has 2 amide bonds. The molecule has 0 aliphatic carbocycles. The second-order valence-corrected chi connectivity index (χ2v) is 6.74. The molecule has 2 heterocycles. The number of carbonyl (C=O) groups excluding carboxylic acids is 2. The van der Waals surface area contributed by atoms with Crippen LogP contribution in [-0.2, 0) is 16.1 Å². The molecule has 1 saturated heterocycles. The van der Waals surface area contributed by atoms with Gasteiger partial charge in [0.25, 0.3) is 0 Å². The summed E-state index contributed by atoms with van der Waals surface area (Å²) in [7, 11) is 0. The molecule has 1 aliphatic heterocycles. The summed E-state index contributed by atoms with van der Waals surface area (Å²) < 4.78 is 1.78. The summed E-state index contributed by atoms with van der Waals surface area (Å²) in [6.45, 7) is 5.94. The number of piperazine rings is 1. The predicted octanol–water partition coefficient (Wildman–Crippen LogP) is 1.09. The molecule has 1 aromatic heterocycles. The lowest BCUT2D eigenvalue weighted by atomic mass is 10.1. The molecule has 1 aromatic carbocycles. The van der Waals surface area contributed by atoms with E-state index in [1.165, 1.54) is 0 Å². The van der Waals surface area contributed by atoms with E-state index in [1.54, 1.807) is 10.9 Å². The second-order valence-electron chi connectivity index (χ2n) is 6.74. The topological polar surface area (TPSA) is 79.3 Å². The molecule has 0 saturated carbocycles. The van der Waals surface area contributed by atoms with Crippen LogP contribution in [0.5, 0.6) is 0 Å². The molecule has 0 radical (unpaired) electrons. The Hall–Kier alpha value is -2.67. The van der Waals surface area contributed by atoms with Crippen LogP contribution >= 0.6 is 0 Å². The molecule has 26 heavy (non-hydrogen) atoms. The van der Waals surface area contributed by atoms with Crippen LogP contribution in [0.25, 0.3) is 5.69 Å². The minimum absolute atomic E-state index is 0.0660. The maximum atomic E-state index is 12.3. The van der Waals surface area contributed by atoms with Gasteiger partial charge in [-0.2, -0.15) is 5.10 Å². The van der Waals surface area contributed by atoms with Crippen molar-refractivity contribution in [1.29, 1.82) is 0 Å². The smallest absolute Gasteiger partial charge is 0.237 e. The zero-order valence-electron chi connectivity index (χ0n) is 15.2. The third-order valence-corrected chi connectivity index (χ3v) is 4.61. The van der Waals surface area contributed by atoms with E-state index >= 15 is 0 Å². The number of carbonyl (C=O) groups is 2. The van der Waals surface area contributed by atoms with E-state index in [0.717, 1.165) is 17.8 Å². The molecule has 0 spiro atoms. The Morgan fingerprint density at radius 1 is 1.35 bits per heavy atom. The number of benzene rings is 1. The van der Waals surface area contributed by atoms with Crippen molar-refractivity contribution in [2.24, 2.45) is 0 Å². The van der Waals surface area contributed by atoms with Crippen LogP contribution in [0.1, 0.15) is 25.8 Å². The van der Waals surface area contributed by atoms with Gasteiger partial charge >= 0.3 is 0 Å². The highest BCUT2D eigenvalue weighted by molar-refractivity contribution is 5.88. The van der Waals surface area contributed by atoms with Gasteiger partial charge in [0, 0.05) is 38.1 Å². The van der Waals surface area contributed by atoms with E-state index in [-0.39, 0.29) is 24.3 Å². The Kier molecular flexibility index (Phi) is 5.68. The highest BCUT2D eigenvalue weighted by atomic mass is 16.2. The first-order valence-electron chi connectivity index (χ1n) is 8.93. The van der Waals surface area contributed by atoms with E-state index in [0.29, 0.717) is 13.1 Å². The van der Waals surface area contributed by atoms with E-state index in [1.807, 2.05) is 50.4 Å². The summed E-state index contributed by atoms with van der Waals surface area (Å²) >= 11 is 0. The Morgan fingerprint density at radius 2 is 2.12 bits per heavy atom. The van der Waals surface area contributed by atoms with Gasteiger partial charge in [-0.25, -0.2) is 4.68 Å². The van der Waals surface area contributed by atoms with Gasteiger partial charge in [0.1, 0.15) is 0 Å². The second kappa shape index (κ2) is 8.14. The van der Waals surface area contributed by atoms with Crippen molar-refractivity contribution in [3.63, 3.8) is 0 Å². The highest BCUT2D eigenvalue weighted by Gasteiger charge is 2.32. The number of aromatic nitrogens is 2. The lowest BCUT2D eigenvalue weighted by Crippen LogP contribution is -2.58. The van der Waals surface area contributed by atoms with E-state index < -0.39 is 6.04 Å². The Bertz CT molecular complexity index is 740. The van der Waals surface area contributed by atoms with Gasteiger partial charge in [-0.1, -0.05) is 12.1 Å². The monoisotopic (exact) mass is 355 g/mol. The largest absolute Gasteiger partial charge is 0.353 e. The van der Waals surface area contributed by atoms with Crippen LogP contribution in [-0.4, -0.2) is 51.7 Å². The fourth-order valence-electron chi connectivity index (χ4n) is 3.20. The van der Waals surface area contributed by atoms with Gasteiger partial charge < -0.3 is 10.6 Å². The molecule has 1 fully saturated rings. The normalized spacial score (nSPS) is 18.0. The van der Waals surface area contributed by atoms with Crippen molar-refractivity contribution in [1.82, 2.24) is 25.3 Å². The standard InChI is InChI=1S/C19H25N5O2/c1-14(2)23-11-9-20-19(26)17(23)12-18(25)21-13-15-4-6-16(7-5-15)24-10-3-8-22-24/h3-8,10,14,17H,9,11-13H2,1-2H3,(H,20,26)(H,21,25). The summed E-state index contributed by atoms with van der Waals surface area (Å²) in [6.07, 6.45) is 3.79.